The van der Waals surface area contributed by atoms with Crippen molar-refractivity contribution in [3.63, 3.8) is 0 Å². The van der Waals surface area contributed by atoms with Crippen molar-refractivity contribution in [2.75, 3.05) is 6.61 Å². The Morgan fingerprint density at radius 2 is 2.22 bits per heavy atom. The van der Waals surface area contributed by atoms with Gasteiger partial charge in [0.25, 0.3) is 0 Å². The van der Waals surface area contributed by atoms with E-state index in [1.54, 1.807) is 31.3 Å². The van der Waals surface area contributed by atoms with Crippen molar-refractivity contribution in [3.05, 3.63) is 41.3 Å². The largest absolute Gasteiger partial charge is 0.461 e. The first-order valence-electron chi connectivity index (χ1n) is 5.34. The molecule has 0 bridgehead atoms. The number of halogens is 1. The van der Waals surface area contributed by atoms with E-state index in [-0.39, 0.29) is 17.5 Å². The highest BCUT2D eigenvalue weighted by molar-refractivity contribution is 6.29. The normalized spacial score (nSPS) is 10.1. The Balaban J connectivity index is 2.41. The Hall–Kier alpha value is -2.01. The van der Waals surface area contributed by atoms with E-state index >= 15 is 0 Å². The van der Waals surface area contributed by atoms with Crippen LogP contribution in [0, 0.1) is 0 Å². The summed E-state index contributed by atoms with van der Waals surface area (Å²) < 4.78 is 4.87. The first-order chi connectivity index (χ1) is 8.70. The van der Waals surface area contributed by atoms with E-state index < -0.39 is 5.97 Å². The van der Waals surface area contributed by atoms with E-state index in [1.807, 2.05) is 0 Å². The van der Waals surface area contributed by atoms with E-state index in [0.717, 1.165) is 0 Å². The number of nitrogens with zero attached hydrogens (tertiary/aromatic N) is 3. The summed E-state index contributed by atoms with van der Waals surface area (Å²) in [5, 5.41) is 0.175. The van der Waals surface area contributed by atoms with Crippen molar-refractivity contribution in [3.8, 4) is 11.5 Å². The number of aromatic nitrogens is 3. The van der Waals surface area contributed by atoms with Crippen molar-refractivity contribution in [1.29, 1.82) is 0 Å². The molecule has 0 amide bonds. The number of ether oxygens (including phenoxy) is 1. The Morgan fingerprint density at radius 3 is 2.89 bits per heavy atom. The van der Waals surface area contributed by atoms with Crippen molar-refractivity contribution < 1.29 is 9.53 Å². The summed E-state index contributed by atoms with van der Waals surface area (Å²) in [6.07, 6.45) is 1.61. The fourth-order valence-corrected chi connectivity index (χ4v) is 1.52. The third-order valence-corrected chi connectivity index (χ3v) is 2.27. The molecule has 0 atom stereocenters. The van der Waals surface area contributed by atoms with Crippen LogP contribution in [0.1, 0.15) is 17.4 Å². The molecule has 0 radical (unpaired) electrons. The number of rotatable bonds is 3. The van der Waals surface area contributed by atoms with E-state index in [4.69, 9.17) is 16.3 Å². The zero-order valence-electron chi connectivity index (χ0n) is 9.63. The quantitative estimate of drug-likeness (QED) is 0.628. The van der Waals surface area contributed by atoms with Gasteiger partial charge < -0.3 is 4.74 Å². The first kappa shape index (κ1) is 12.4. The maximum Gasteiger partial charge on any atom is 0.357 e. The number of carbonyl (C=O) groups is 1. The van der Waals surface area contributed by atoms with Gasteiger partial charge in [-0.15, -0.1) is 0 Å². The van der Waals surface area contributed by atoms with Crippen LogP contribution in [-0.4, -0.2) is 27.5 Å². The number of hydrogen-bond acceptors (Lipinski definition) is 5. The molecule has 0 aliphatic heterocycles. The van der Waals surface area contributed by atoms with E-state index in [9.17, 15) is 4.79 Å². The Kier molecular flexibility index (Phi) is 3.84. The van der Waals surface area contributed by atoms with Crippen molar-refractivity contribution in [1.82, 2.24) is 15.0 Å². The molecule has 0 spiro atoms. The average molecular weight is 264 g/mol. The third kappa shape index (κ3) is 2.81. The van der Waals surface area contributed by atoms with Crippen LogP contribution in [-0.2, 0) is 4.74 Å². The summed E-state index contributed by atoms with van der Waals surface area (Å²) >= 11 is 5.86. The summed E-state index contributed by atoms with van der Waals surface area (Å²) in [4.78, 5) is 23.8. The van der Waals surface area contributed by atoms with E-state index in [0.29, 0.717) is 11.5 Å². The number of esters is 1. The van der Waals surface area contributed by atoms with Gasteiger partial charge in [0.15, 0.2) is 11.5 Å². The van der Waals surface area contributed by atoms with Crippen LogP contribution in [0.5, 0.6) is 0 Å². The second-order valence-corrected chi connectivity index (χ2v) is 3.72. The number of carbonyl (C=O) groups excluding carboxylic acids is 1. The number of pyridine rings is 1. The lowest BCUT2D eigenvalue weighted by Crippen LogP contribution is -2.08. The van der Waals surface area contributed by atoms with E-state index in [1.165, 1.54) is 6.07 Å². The fraction of sp³-hybridized carbons (Fsp3) is 0.167. The minimum atomic E-state index is -0.529. The van der Waals surface area contributed by atoms with Gasteiger partial charge in [0.1, 0.15) is 10.8 Å². The van der Waals surface area contributed by atoms with Gasteiger partial charge in [-0.05, 0) is 19.1 Å². The average Bonchev–Trinajstić information content (AvgIpc) is 2.39. The molecule has 0 aliphatic carbocycles. The molecule has 0 saturated carbocycles. The van der Waals surface area contributed by atoms with Gasteiger partial charge >= 0.3 is 5.97 Å². The van der Waals surface area contributed by atoms with Gasteiger partial charge in [0, 0.05) is 12.3 Å². The minimum absolute atomic E-state index is 0.123. The fourth-order valence-electron chi connectivity index (χ4n) is 1.34. The van der Waals surface area contributed by atoms with Gasteiger partial charge in [0.2, 0.25) is 0 Å². The number of hydrogen-bond donors (Lipinski definition) is 0. The highest BCUT2D eigenvalue weighted by Gasteiger charge is 2.13. The van der Waals surface area contributed by atoms with Gasteiger partial charge in [0.05, 0.1) is 6.61 Å². The highest BCUT2D eigenvalue weighted by atomic mass is 35.5. The molecule has 18 heavy (non-hydrogen) atoms. The summed E-state index contributed by atoms with van der Waals surface area (Å²) in [6.45, 7) is 2.00. The second-order valence-electron chi connectivity index (χ2n) is 3.33. The van der Waals surface area contributed by atoms with Gasteiger partial charge in [-0.3, -0.25) is 4.98 Å². The maximum atomic E-state index is 11.6. The molecule has 5 nitrogen and oxygen atoms in total. The summed E-state index contributed by atoms with van der Waals surface area (Å²) in [5.41, 5.74) is 0.669. The monoisotopic (exact) mass is 263 g/mol. The van der Waals surface area contributed by atoms with E-state index in [2.05, 4.69) is 15.0 Å². The molecule has 2 aromatic heterocycles. The summed E-state index contributed by atoms with van der Waals surface area (Å²) in [6, 6.07) is 6.68. The summed E-state index contributed by atoms with van der Waals surface area (Å²) in [5.74, 6) is -0.231. The van der Waals surface area contributed by atoms with Gasteiger partial charge in [-0.2, -0.15) is 0 Å². The van der Waals surface area contributed by atoms with Crippen LogP contribution >= 0.6 is 11.6 Å². The lowest BCUT2D eigenvalue weighted by Gasteiger charge is -2.04. The minimum Gasteiger partial charge on any atom is -0.461 e. The highest BCUT2D eigenvalue weighted by Crippen LogP contribution is 2.16. The van der Waals surface area contributed by atoms with Crippen molar-refractivity contribution in [2.45, 2.75) is 6.92 Å². The lowest BCUT2D eigenvalue weighted by molar-refractivity contribution is 0.0519. The molecule has 0 aromatic carbocycles. The molecule has 2 heterocycles. The summed E-state index contributed by atoms with van der Waals surface area (Å²) in [7, 11) is 0. The van der Waals surface area contributed by atoms with Crippen molar-refractivity contribution in [2.24, 2.45) is 0 Å². The Labute approximate surface area is 109 Å². The molecule has 6 heteroatoms. The first-order valence-corrected chi connectivity index (χ1v) is 5.71. The molecule has 0 N–H and O–H groups in total. The molecular weight excluding hydrogens is 254 g/mol. The van der Waals surface area contributed by atoms with Crippen LogP contribution in [0.15, 0.2) is 30.5 Å². The smallest absolute Gasteiger partial charge is 0.357 e. The lowest BCUT2D eigenvalue weighted by atomic mass is 10.3. The van der Waals surface area contributed by atoms with Crippen LogP contribution in [0.2, 0.25) is 5.15 Å². The predicted molar refractivity (Wildman–Crippen MR) is 66.2 cm³/mol. The SMILES string of the molecule is CCOC(=O)c1cc(Cl)nc(-c2ccccn2)n1. The van der Waals surface area contributed by atoms with Crippen molar-refractivity contribution >= 4 is 17.6 Å². The molecule has 0 fully saturated rings. The predicted octanol–water partition coefficient (Wildman–Crippen LogP) is 2.37. The standard InChI is InChI=1S/C12H10ClN3O2/c1-2-18-12(17)9-7-10(13)16-11(15-9)8-5-3-4-6-14-8/h3-7H,2H2,1H3. The second kappa shape index (κ2) is 5.55. The molecule has 0 unspecified atom stereocenters. The van der Waals surface area contributed by atoms with Crippen LogP contribution in [0.3, 0.4) is 0 Å². The zero-order chi connectivity index (χ0) is 13.0. The van der Waals surface area contributed by atoms with Gasteiger partial charge in [-0.25, -0.2) is 14.8 Å². The third-order valence-electron chi connectivity index (χ3n) is 2.07. The van der Waals surface area contributed by atoms with Crippen LogP contribution in [0.4, 0.5) is 0 Å². The maximum absolute atomic E-state index is 11.6. The van der Waals surface area contributed by atoms with Crippen LogP contribution < -0.4 is 0 Å². The molecule has 2 aromatic rings. The molecule has 92 valence electrons. The Morgan fingerprint density at radius 1 is 1.39 bits per heavy atom. The van der Waals surface area contributed by atoms with Gasteiger partial charge in [-0.1, -0.05) is 17.7 Å². The molecule has 2 rings (SSSR count). The molecule has 0 saturated heterocycles. The Bertz CT molecular complexity index is 561. The van der Waals surface area contributed by atoms with Crippen LogP contribution in [0.25, 0.3) is 11.5 Å². The topological polar surface area (TPSA) is 65.0 Å². The zero-order valence-corrected chi connectivity index (χ0v) is 10.4. The molecular formula is C12H10ClN3O2. The molecule has 0 aliphatic rings.